The van der Waals surface area contributed by atoms with Crippen molar-refractivity contribution in [3.63, 3.8) is 0 Å². The van der Waals surface area contributed by atoms with E-state index in [0.717, 1.165) is 22.8 Å². The average molecular weight is 276 g/mol. The Hall–Kier alpha value is -1.33. The molecule has 2 aromatic heterocycles. The number of nitrogens with two attached hydrogens (primary N) is 1. The molecule has 102 valence electrons. The molecule has 2 heterocycles. The van der Waals surface area contributed by atoms with E-state index >= 15 is 0 Å². The van der Waals surface area contributed by atoms with Crippen LogP contribution in [0.5, 0.6) is 0 Å². The molecule has 2 aromatic rings. The highest BCUT2D eigenvalue weighted by atomic mass is 32.2. The summed E-state index contributed by atoms with van der Waals surface area (Å²) in [4.78, 5) is 5.65. The predicted octanol–water partition coefficient (Wildman–Crippen LogP) is 2.55. The van der Waals surface area contributed by atoms with Crippen LogP contribution < -0.4 is 5.73 Å². The van der Waals surface area contributed by atoms with E-state index in [1.165, 1.54) is 11.1 Å². The number of rotatable bonds is 5. The lowest BCUT2D eigenvalue weighted by Crippen LogP contribution is -2.21. The second kappa shape index (κ2) is 6.21. The third kappa shape index (κ3) is 3.81. The molecule has 0 saturated carbocycles. The molecular weight excluding hydrogens is 256 g/mol. The Balaban J connectivity index is 2.10. The lowest BCUT2D eigenvalue weighted by Gasteiger charge is -2.10. The van der Waals surface area contributed by atoms with Gasteiger partial charge < -0.3 is 5.73 Å². The molecule has 5 heteroatoms. The summed E-state index contributed by atoms with van der Waals surface area (Å²) >= 11 is 1.64. The van der Waals surface area contributed by atoms with Crippen LogP contribution in [0.15, 0.2) is 34.6 Å². The predicted molar refractivity (Wildman–Crippen MR) is 78.3 cm³/mol. The van der Waals surface area contributed by atoms with Crippen LogP contribution in [0.4, 0.5) is 0 Å². The van der Waals surface area contributed by atoms with Crippen molar-refractivity contribution >= 4 is 11.8 Å². The molecule has 1 unspecified atom stereocenters. The summed E-state index contributed by atoms with van der Waals surface area (Å²) in [5.74, 6) is 0. The summed E-state index contributed by atoms with van der Waals surface area (Å²) in [7, 11) is 1.92. The van der Waals surface area contributed by atoms with E-state index in [1.54, 1.807) is 16.4 Å². The van der Waals surface area contributed by atoms with Crippen LogP contribution in [-0.4, -0.2) is 20.8 Å². The van der Waals surface area contributed by atoms with Crippen LogP contribution in [0.25, 0.3) is 0 Å². The topological polar surface area (TPSA) is 56.7 Å². The minimum absolute atomic E-state index is 0.220. The van der Waals surface area contributed by atoms with Crippen molar-refractivity contribution in [3.05, 3.63) is 35.8 Å². The second-order valence-electron chi connectivity index (χ2n) is 4.79. The van der Waals surface area contributed by atoms with Gasteiger partial charge in [-0.15, -0.1) is 0 Å². The maximum Gasteiger partial charge on any atom is 0.104 e. The normalized spacial score (nSPS) is 12.6. The standard InChI is InChI=1S/C14H20N4S/c1-4-12(15)6-11-5-10(2)14(16-7-11)19-13-8-17-18(3)9-13/h5,7-9,12H,4,6,15H2,1-3H3. The summed E-state index contributed by atoms with van der Waals surface area (Å²) in [6, 6.07) is 2.40. The quantitative estimate of drug-likeness (QED) is 0.912. The van der Waals surface area contributed by atoms with E-state index in [0.29, 0.717) is 0 Å². The number of pyridine rings is 1. The molecular formula is C14H20N4S. The maximum atomic E-state index is 5.98. The van der Waals surface area contributed by atoms with E-state index < -0.39 is 0 Å². The molecule has 4 nitrogen and oxygen atoms in total. The Bertz CT molecular complexity index is 550. The summed E-state index contributed by atoms with van der Waals surface area (Å²) in [5.41, 5.74) is 8.38. The molecule has 0 spiro atoms. The first-order valence-corrected chi connectivity index (χ1v) is 7.27. The first-order chi connectivity index (χ1) is 9.08. The van der Waals surface area contributed by atoms with E-state index in [-0.39, 0.29) is 6.04 Å². The first-order valence-electron chi connectivity index (χ1n) is 6.46. The van der Waals surface area contributed by atoms with Crippen molar-refractivity contribution in [2.24, 2.45) is 12.8 Å². The van der Waals surface area contributed by atoms with Crippen molar-refractivity contribution in [2.45, 2.75) is 42.7 Å². The van der Waals surface area contributed by atoms with Crippen molar-refractivity contribution in [1.82, 2.24) is 14.8 Å². The molecule has 2 rings (SSSR count). The monoisotopic (exact) mass is 276 g/mol. The lowest BCUT2D eigenvalue weighted by molar-refractivity contribution is 0.644. The molecule has 2 N–H and O–H groups in total. The molecule has 0 aliphatic carbocycles. The van der Waals surface area contributed by atoms with Gasteiger partial charge in [-0.3, -0.25) is 4.68 Å². The smallest absolute Gasteiger partial charge is 0.104 e. The third-order valence-corrected chi connectivity index (χ3v) is 4.07. The SMILES string of the molecule is CCC(N)Cc1cnc(Sc2cnn(C)c2)c(C)c1. The molecule has 0 aliphatic heterocycles. The van der Waals surface area contributed by atoms with E-state index in [2.05, 4.69) is 30.0 Å². The van der Waals surface area contributed by atoms with Crippen molar-refractivity contribution in [1.29, 1.82) is 0 Å². The number of nitrogens with zero attached hydrogens (tertiary/aromatic N) is 3. The molecule has 1 atom stereocenters. The number of aryl methyl sites for hydroxylation is 2. The molecule has 0 fully saturated rings. The van der Waals surface area contributed by atoms with Gasteiger partial charge in [-0.05, 0) is 30.9 Å². The van der Waals surface area contributed by atoms with Gasteiger partial charge in [0.15, 0.2) is 0 Å². The number of aromatic nitrogens is 3. The van der Waals surface area contributed by atoms with Crippen LogP contribution in [0.1, 0.15) is 24.5 Å². The van der Waals surface area contributed by atoms with Gasteiger partial charge in [0, 0.05) is 25.5 Å². The first kappa shape index (κ1) is 14.1. The fourth-order valence-electron chi connectivity index (χ4n) is 1.85. The van der Waals surface area contributed by atoms with Crippen LogP contribution in [-0.2, 0) is 13.5 Å². The number of hydrogen-bond donors (Lipinski definition) is 1. The van der Waals surface area contributed by atoms with E-state index in [4.69, 9.17) is 5.73 Å². The molecule has 0 bridgehead atoms. The Morgan fingerprint density at radius 2 is 2.21 bits per heavy atom. The molecule has 0 amide bonds. The van der Waals surface area contributed by atoms with Crippen molar-refractivity contribution in [3.8, 4) is 0 Å². The highest BCUT2D eigenvalue weighted by Gasteiger charge is 2.07. The van der Waals surface area contributed by atoms with E-state index in [1.807, 2.05) is 25.6 Å². The number of hydrogen-bond acceptors (Lipinski definition) is 4. The zero-order valence-electron chi connectivity index (χ0n) is 11.6. The van der Waals surface area contributed by atoms with Gasteiger partial charge in [-0.25, -0.2) is 4.98 Å². The lowest BCUT2D eigenvalue weighted by atomic mass is 10.1. The van der Waals surface area contributed by atoms with Crippen LogP contribution in [0.3, 0.4) is 0 Å². The summed E-state index contributed by atoms with van der Waals surface area (Å²) < 4.78 is 1.80. The fourth-order valence-corrected chi connectivity index (χ4v) is 2.70. The second-order valence-corrected chi connectivity index (χ2v) is 5.85. The van der Waals surface area contributed by atoms with Gasteiger partial charge in [0.05, 0.1) is 11.1 Å². The fraction of sp³-hybridized carbons (Fsp3) is 0.429. The summed E-state index contributed by atoms with van der Waals surface area (Å²) in [6.45, 7) is 4.20. The molecule has 0 radical (unpaired) electrons. The Labute approximate surface area is 118 Å². The molecule has 19 heavy (non-hydrogen) atoms. The van der Waals surface area contributed by atoms with Gasteiger partial charge >= 0.3 is 0 Å². The highest BCUT2D eigenvalue weighted by molar-refractivity contribution is 7.99. The van der Waals surface area contributed by atoms with Crippen LogP contribution in [0, 0.1) is 6.92 Å². The van der Waals surface area contributed by atoms with Gasteiger partial charge in [0.1, 0.15) is 5.03 Å². The summed E-state index contributed by atoms with van der Waals surface area (Å²) in [5, 5.41) is 5.19. The maximum absolute atomic E-state index is 5.98. The summed E-state index contributed by atoms with van der Waals surface area (Å²) in [6.07, 6.45) is 7.66. The Kier molecular flexibility index (Phi) is 4.61. The Morgan fingerprint density at radius 1 is 1.42 bits per heavy atom. The van der Waals surface area contributed by atoms with E-state index in [9.17, 15) is 0 Å². The van der Waals surface area contributed by atoms with Crippen LogP contribution in [0.2, 0.25) is 0 Å². The zero-order chi connectivity index (χ0) is 13.8. The molecule has 0 aromatic carbocycles. The van der Waals surface area contributed by atoms with Gasteiger partial charge in [-0.2, -0.15) is 5.10 Å². The highest BCUT2D eigenvalue weighted by Crippen LogP contribution is 2.28. The van der Waals surface area contributed by atoms with Crippen molar-refractivity contribution < 1.29 is 0 Å². The average Bonchev–Trinajstić information content (AvgIpc) is 2.78. The largest absolute Gasteiger partial charge is 0.327 e. The van der Waals surface area contributed by atoms with Gasteiger partial charge in [0.25, 0.3) is 0 Å². The molecule has 0 saturated heterocycles. The minimum atomic E-state index is 0.220. The molecule has 0 aliphatic rings. The zero-order valence-corrected chi connectivity index (χ0v) is 12.4. The third-order valence-electron chi connectivity index (χ3n) is 3.00. The van der Waals surface area contributed by atoms with Crippen LogP contribution >= 0.6 is 11.8 Å². The van der Waals surface area contributed by atoms with Crippen molar-refractivity contribution in [2.75, 3.05) is 0 Å². The Morgan fingerprint density at radius 3 is 2.79 bits per heavy atom. The van der Waals surface area contributed by atoms with Gasteiger partial charge in [-0.1, -0.05) is 24.8 Å². The minimum Gasteiger partial charge on any atom is -0.327 e. The van der Waals surface area contributed by atoms with Gasteiger partial charge in [0.2, 0.25) is 0 Å².